The smallest absolute Gasteiger partial charge is 0.310 e. The molecular weight excluding hydrogens is 184 g/mol. The minimum atomic E-state index is -0.225. The lowest BCUT2D eigenvalue weighted by atomic mass is 10.2. The molecule has 0 fully saturated rings. The van der Waals surface area contributed by atoms with Crippen molar-refractivity contribution in [3.8, 4) is 0 Å². The summed E-state index contributed by atoms with van der Waals surface area (Å²) in [5, 5.41) is 0. The third-order valence-electron chi connectivity index (χ3n) is 1.26. The lowest BCUT2D eigenvalue weighted by Crippen LogP contribution is -2.12. The van der Waals surface area contributed by atoms with Crippen LogP contribution in [-0.2, 0) is 19.0 Å². The molecule has 0 aliphatic rings. The Labute approximate surface area is 86.5 Å². The highest BCUT2D eigenvalue weighted by Crippen LogP contribution is 1.94. The second-order valence-electron chi connectivity index (χ2n) is 3.31. The molecule has 14 heavy (non-hydrogen) atoms. The van der Waals surface area contributed by atoms with E-state index < -0.39 is 0 Å². The molecule has 0 N–H and O–H groups in total. The van der Waals surface area contributed by atoms with Gasteiger partial charge in [0.2, 0.25) is 0 Å². The summed E-state index contributed by atoms with van der Waals surface area (Å²) in [6, 6.07) is 0. The molecule has 0 heterocycles. The lowest BCUT2D eigenvalue weighted by Gasteiger charge is -2.03. The first-order valence-electron chi connectivity index (χ1n) is 4.64. The van der Waals surface area contributed by atoms with Crippen molar-refractivity contribution < 1.29 is 19.0 Å². The van der Waals surface area contributed by atoms with E-state index >= 15 is 0 Å². The predicted octanol–water partition coefficient (Wildman–Crippen LogP) is 1.83. The molecule has 0 bridgehead atoms. The molecule has 0 rings (SSSR count). The summed E-state index contributed by atoms with van der Waals surface area (Å²) in [5.74, 6) is -0.294. The SMILES string of the molecule is COC(C)C.COCOC(=O)C(C)C. The van der Waals surface area contributed by atoms with E-state index in [1.165, 1.54) is 7.11 Å². The molecule has 0 aliphatic heterocycles. The summed E-state index contributed by atoms with van der Waals surface area (Å²) in [5.41, 5.74) is 0. The average Bonchev–Trinajstić information content (AvgIpc) is 2.14. The van der Waals surface area contributed by atoms with Crippen molar-refractivity contribution in [1.82, 2.24) is 0 Å². The number of carbonyl (C=O) groups excluding carboxylic acids is 1. The molecule has 0 amide bonds. The van der Waals surface area contributed by atoms with Crippen LogP contribution in [0.2, 0.25) is 0 Å². The Morgan fingerprint density at radius 2 is 1.57 bits per heavy atom. The number of rotatable bonds is 4. The number of hydrogen-bond donors (Lipinski definition) is 0. The Balaban J connectivity index is 0. The third kappa shape index (κ3) is 13.9. The van der Waals surface area contributed by atoms with Crippen molar-refractivity contribution in [2.24, 2.45) is 5.92 Å². The van der Waals surface area contributed by atoms with Crippen LogP contribution in [0, 0.1) is 5.92 Å². The molecule has 0 aliphatic carbocycles. The van der Waals surface area contributed by atoms with Crippen LogP contribution in [0.25, 0.3) is 0 Å². The maximum absolute atomic E-state index is 10.6. The number of hydrogen-bond acceptors (Lipinski definition) is 4. The van der Waals surface area contributed by atoms with E-state index in [2.05, 4.69) is 9.47 Å². The van der Waals surface area contributed by atoms with E-state index in [1.54, 1.807) is 21.0 Å². The van der Waals surface area contributed by atoms with Gasteiger partial charge in [-0.05, 0) is 13.8 Å². The zero-order valence-electron chi connectivity index (χ0n) is 9.99. The maximum Gasteiger partial charge on any atom is 0.310 e. The van der Waals surface area contributed by atoms with E-state index in [0.717, 1.165) is 0 Å². The van der Waals surface area contributed by atoms with Gasteiger partial charge in [-0.3, -0.25) is 4.79 Å². The summed E-state index contributed by atoms with van der Waals surface area (Å²) >= 11 is 0. The minimum absolute atomic E-state index is 0.0526. The van der Waals surface area contributed by atoms with Gasteiger partial charge in [-0.15, -0.1) is 0 Å². The van der Waals surface area contributed by atoms with Crippen LogP contribution < -0.4 is 0 Å². The van der Waals surface area contributed by atoms with Crippen molar-refractivity contribution in [2.45, 2.75) is 33.8 Å². The standard InChI is InChI=1S/C6H12O3.C4H10O/c1-5(2)6(7)9-4-8-3;1-4(2)5-3/h5H,4H2,1-3H3;4H,1-3H3. The van der Waals surface area contributed by atoms with Gasteiger partial charge in [0.15, 0.2) is 6.79 Å². The van der Waals surface area contributed by atoms with Crippen LogP contribution in [0.4, 0.5) is 0 Å². The van der Waals surface area contributed by atoms with Crippen molar-refractivity contribution in [3.05, 3.63) is 0 Å². The van der Waals surface area contributed by atoms with E-state index in [0.29, 0.717) is 6.10 Å². The molecule has 0 aromatic rings. The molecule has 86 valence electrons. The van der Waals surface area contributed by atoms with E-state index in [-0.39, 0.29) is 18.7 Å². The molecule has 0 spiro atoms. The van der Waals surface area contributed by atoms with Gasteiger partial charge in [0.05, 0.1) is 12.0 Å². The monoisotopic (exact) mass is 206 g/mol. The molecular formula is C10H22O4. The molecule has 0 saturated heterocycles. The van der Waals surface area contributed by atoms with Crippen LogP contribution in [0.5, 0.6) is 0 Å². The van der Waals surface area contributed by atoms with Crippen LogP contribution in [0.3, 0.4) is 0 Å². The molecule has 0 unspecified atom stereocenters. The van der Waals surface area contributed by atoms with Gasteiger partial charge in [0.25, 0.3) is 0 Å². The Morgan fingerprint density at radius 3 is 1.79 bits per heavy atom. The van der Waals surface area contributed by atoms with E-state index in [9.17, 15) is 4.79 Å². The van der Waals surface area contributed by atoms with Gasteiger partial charge in [-0.1, -0.05) is 13.8 Å². The van der Waals surface area contributed by atoms with Gasteiger partial charge in [-0.2, -0.15) is 0 Å². The van der Waals surface area contributed by atoms with Crippen LogP contribution in [0.15, 0.2) is 0 Å². The zero-order chi connectivity index (χ0) is 11.6. The second kappa shape index (κ2) is 10.5. The first-order valence-corrected chi connectivity index (χ1v) is 4.64. The summed E-state index contributed by atoms with van der Waals surface area (Å²) in [6.07, 6.45) is 0.384. The van der Waals surface area contributed by atoms with E-state index in [1.807, 2.05) is 13.8 Å². The normalized spacial score (nSPS) is 9.71. The highest BCUT2D eigenvalue weighted by atomic mass is 16.7. The zero-order valence-corrected chi connectivity index (χ0v) is 9.99. The molecule has 0 aromatic carbocycles. The molecule has 0 radical (unpaired) electrons. The van der Waals surface area contributed by atoms with Gasteiger partial charge >= 0.3 is 5.97 Å². The number of methoxy groups -OCH3 is 2. The summed E-state index contributed by atoms with van der Waals surface area (Å²) < 4.78 is 13.9. The minimum Gasteiger partial charge on any atom is -0.438 e. The van der Waals surface area contributed by atoms with Crippen LogP contribution >= 0.6 is 0 Å². The van der Waals surface area contributed by atoms with Crippen molar-refractivity contribution in [2.75, 3.05) is 21.0 Å². The number of ether oxygens (including phenoxy) is 3. The molecule has 4 heteroatoms. The topological polar surface area (TPSA) is 44.8 Å². The Bertz CT molecular complexity index is 132. The van der Waals surface area contributed by atoms with Crippen LogP contribution in [-0.4, -0.2) is 33.1 Å². The van der Waals surface area contributed by atoms with Gasteiger partial charge in [0.1, 0.15) is 0 Å². The summed E-state index contributed by atoms with van der Waals surface area (Å²) in [7, 11) is 3.18. The molecule has 0 saturated carbocycles. The van der Waals surface area contributed by atoms with Crippen molar-refractivity contribution in [1.29, 1.82) is 0 Å². The highest BCUT2D eigenvalue weighted by molar-refractivity contribution is 5.71. The largest absolute Gasteiger partial charge is 0.438 e. The average molecular weight is 206 g/mol. The van der Waals surface area contributed by atoms with Crippen molar-refractivity contribution >= 4 is 5.97 Å². The molecule has 0 atom stereocenters. The summed E-state index contributed by atoms with van der Waals surface area (Å²) in [6.45, 7) is 7.60. The fraction of sp³-hybridized carbons (Fsp3) is 0.900. The number of esters is 1. The second-order valence-corrected chi connectivity index (χ2v) is 3.31. The van der Waals surface area contributed by atoms with Gasteiger partial charge in [-0.25, -0.2) is 0 Å². The van der Waals surface area contributed by atoms with E-state index in [4.69, 9.17) is 4.74 Å². The predicted molar refractivity (Wildman–Crippen MR) is 55.0 cm³/mol. The summed E-state index contributed by atoms with van der Waals surface area (Å²) in [4.78, 5) is 10.6. The highest BCUT2D eigenvalue weighted by Gasteiger charge is 2.06. The Kier molecular flexibility index (Phi) is 11.9. The Hall–Kier alpha value is -0.610. The van der Waals surface area contributed by atoms with Gasteiger partial charge < -0.3 is 14.2 Å². The van der Waals surface area contributed by atoms with Crippen molar-refractivity contribution in [3.63, 3.8) is 0 Å². The lowest BCUT2D eigenvalue weighted by molar-refractivity contribution is -0.157. The third-order valence-corrected chi connectivity index (χ3v) is 1.26. The fourth-order valence-electron chi connectivity index (χ4n) is 0.284. The molecule has 4 nitrogen and oxygen atoms in total. The molecule has 0 aromatic heterocycles. The first-order chi connectivity index (χ1) is 6.45. The van der Waals surface area contributed by atoms with Crippen LogP contribution in [0.1, 0.15) is 27.7 Å². The number of carbonyl (C=O) groups is 1. The quantitative estimate of drug-likeness (QED) is 0.520. The maximum atomic E-state index is 10.6. The first kappa shape index (κ1) is 15.8. The Morgan fingerprint density at radius 1 is 1.14 bits per heavy atom. The van der Waals surface area contributed by atoms with Gasteiger partial charge in [0, 0.05) is 14.2 Å². The fourth-order valence-corrected chi connectivity index (χ4v) is 0.284.